The van der Waals surface area contributed by atoms with Crippen molar-refractivity contribution >= 4 is 11.9 Å². The Kier molecular flexibility index (Phi) is 13.1. The third-order valence-corrected chi connectivity index (χ3v) is 9.28. The van der Waals surface area contributed by atoms with E-state index in [-0.39, 0.29) is 12.3 Å². The van der Waals surface area contributed by atoms with Crippen molar-refractivity contribution in [3.63, 3.8) is 0 Å². The van der Waals surface area contributed by atoms with E-state index in [0.717, 1.165) is 17.4 Å². The maximum Gasteiger partial charge on any atom is 0.326 e. The topological polar surface area (TPSA) is 95.1 Å². The summed E-state index contributed by atoms with van der Waals surface area (Å²) in [7, 11) is 0. The Balaban J connectivity index is 1.23. The highest BCUT2D eigenvalue weighted by molar-refractivity contribution is 5.83. The lowest BCUT2D eigenvalue weighted by atomic mass is 10.0. The minimum absolute atomic E-state index is 0.166. The predicted molar refractivity (Wildman–Crippen MR) is 152 cm³/mol. The summed E-state index contributed by atoms with van der Waals surface area (Å²) < 4.78 is 2.48. The molecule has 8 heteroatoms. The minimum atomic E-state index is -1.01. The number of fused-ring (bicyclic) bond motifs is 3. The Hall–Kier alpha value is -1.93. The van der Waals surface area contributed by atoms with Crippen LogP contribution in [0.3, 0.4) is 0 Å². The van der Waals surface area contributed by atoms with Gasteiger partial charge in [0.05, 0.1) is 19.4 Å². The predicted octanol–water partition coefficient (Wildman–Crippen LogP) is 4.66. The standard InChI is InChI=1S/C30H53N5O3/c1-2-3-4-5-6-7-8-9-10-11-12-13-16-34-18-21-35(22-19-34,23-20-34)17-14-15-29(36)33-28(30(37)38)24-27-25-31-26-32-27/h25-26,28H,2-24H2,1H3,(H-2,31,32,33,36,37,38)/p+2. The van der Waals surface area contributed by atoms with Crippen LogP contribution in [-0.2, 0) is 16.0 Å². The molecule has 3 fully saturated rings. The van der Waals surface area contributed by atoms with Gasteiger partial charge < -0.3 is 24.4 Å². The first-order valence-corrected chi connectivity index (χ1v) is 15.7. The maximum atomic E-state index is 12.5. The number of carboxylic acid groups (broad SMARTS) is 1. The molecule has 0 spiro atoms. The lowest BCUT2D eigenvalue weighted by molar-refractivity contribution is -1.08. The first kappa shape index (κ1) is 30.6. The van der Waals surface area contributed by atoms with Gasteiger partial charge in [-0.25, -0.2) is 9.78 Å². The molecule has 2 bridgehead atoms. The van der Waals surface area contributed by atoms with Crippen LogP contribution in [0.5, 0.6) is 0 Å². The van der Waals surface area contributed by atoms with Crippen molar-refractivity contribution in [1.82, 2.24) is 15.3 Å². The highest BCUT2D eigenvalue weighted by Gasteiger charge is 2.48. The normalized spacial score (nSPS) is 23.4. The molecule has 3 aliphatic heterocycles. The largest absolute Gasteiger partial charge is 0.480 e. The molecule has 1 amide bonds. The van der Waals surface area contributed by atoms with Crippen LogP contribution in [0.2, 0.25) is 0 Å². The smallest absolute Gasteiger partial charge is 0.326 e. The van der Waals surface area contributed by atoms with Gasteiger partial charge in [0, 0.05) is 31.2 Å². The van der Waals surface area contributed by atoms with E-state index in [0.29, 0.717) is 12.1 Å². The van der Waals surface area contributed by atoms with Gasteiger partial charge in [0.2, 0.25) is 5.91 Å². The summed E-state index contributed by atoms with van der Waals surface area (Å²) in [6, 6.07) is -0.918. The van der Waals surface area contributed by atoms with E-state index in [9.17, 15) is 14.7 Å². The number of rotatable bonds is 21. The van der Waals surface area contributed by atoms with Crippen LogP contribution >= 0.6 is 0 Å². The number of carbonyl (C=O) groups excluding carboxylic acids is 1. The molecular weight excluding hydrogens is 478 g/mol. The number of piperazine rings is 3. The Morgan fingerprint density at radius 1 is 0.842 bits per heavy atom. The molecule has 8 nitrogen and oxygen atoms in total. The summed E-state index contributed by atoms with van der Waals surface area (Å²) in [6.45, 7) is 12.2. The fourth-order valence-electron chi connectivity index (χ4n) is 6.56. The number of hydrogen-bond donors (Lipinski definition) is 3. The zero-order valence-electron chi connectivity index (χ0n) is 24.1. The molecule has 38 heavy (non-hydrogen) atoms. The lowest BCUT2D eigenvalue weighted by Crippen LogP contribution is -2.75. The Morgan fingerprint density at radius 3 is 1.82 bits per heavy atom. The van der Waals surface area contributed by atoms with Crippen LogP contribution in [-0.4, -0.2) is 94.3 Å². The van der Waals surface area contributed by atoms with Crippen molar-refractivity contribution in [1.29, 1.82) is 0 Å². The second-order valence-corrected chi connectivity index (χ2v) is 12.2. The number of carboxylic acids is 1. The number of amides is 1. The number of imidazole rings is 1. The van der Waals surface area contributed by atoms with Crippen molar-refractivity contribution in [2.24, 2.45) is 0 Å². The molecule has 3 saturated heterocycles. The first-order chi connectivity index (χ1) is 18.5. The molecule has 3 aliphatic rings. The number of nitrogens with zero attached hydrogens (tertiary/aromatic N) is 3. The van der Waals surface area contributed by atoms with Gasteiger partial charge in [0.15, 0.2) is 0 Å². The number of aromatic nitrogens is 2. The second kappa shape index (κ2) is 16.2. The summed E-state index contributed by atoms with van der Waals surface area (Å²) in [4.78, 5) is 30.9. The molecule has 1 atom stereocenters. The van der Waals surface area contributed by atoms with Crippen molar-refractivity contribution in [3.05, 3.63) is 18.2 Å². The average molecular weight is 534 g/mol. The summed E-state index contributed by atoms with van der Waals surface area (Å²) in [5, 5.41) is 12.2. The van der Waals surface area contributed by atoms with Gasteiger partial charge in [-0.15, -0.1) is 0 Å². The van der Waals surface area contributed by atoms with E-state index in [2.05, 4.69) is 22.2 Å². The van der Waals surface area contributed by atoms with E-state index < -0.39 is 12.0 Å². The van der Waals surface area contributed by atoms with Crippen LogP contribution < -0.4 is 5.32 Å². The number of hydrogen-bond acceptors (Lipinski definition) is 3. The van der Waals surface area contributed by atoms with Gasteiger partial charge in [-0.1, -0.05) is 71.1 Å². The monoisotopic (exact) mass is 533 g/mol. The number of nitrogens with one attached hydrogen (secondary N) is 2. The fourth-order valence-corrected chi connectivity index (χ4v) is 6.56. The Bertz CT molecular complexity index is 788. The van der Waals surface area contributed by atoms with Gasteiger partial charge in [0.25, 0.3) is 0 Å². The third kappa shape index (κ3) is 10.3. The van der Waals surface area contributed by atoms with Crippen LogP contribution in [0.15, 0.2) is 12.5 Å². The van der Waals surface area contributed by atoms with Gasteiger partial charge >= 0.3 is 5.97 Å². The summed E-state index contributed by atoms with van der Waals surface area (Å²) >= 11 is 0. The number of unbranched alkanes of at least 4 members (excludes halogenated alkanes) is 11. The van der Waals surface area contributed by atoms with Crippen LogP contribution in [0, 0.1) is 0 Å². The van der Waals surface area contributed by atoms with Crippen LogP contribution in [0.1, 0.15) is 103 Å². The average Bonchev–Trinajstić information content (AvgIpc) is 3.43. The quantitative estimate of drug-likeness (QED) is 0.158. The van der Waals surface area contributed by atoms with Crippen LogP contribution in [0.25, 0.3) is 0 Å². The second-order valence-electron chi connectivity index (χ2n) is 12.2. The highest BCUT2D eigenvalue weighted by Crippen LogP contribution is 2.28. The maximum absolute atomic E-state index is 12.5. The van der Waals surface area contributed by atoms with Crippen molar-refractivity contribution in [3.8, 4) is 0 Å². The van der Waals surface area contributed by atoms with Gasteiger partial charge in [-0.3, -0.25) is 4.79 Å². The van der Waals surface area contributed by atoms with E-state index in [1.54, 1.807) is 6.20 Å². The third-order valence-electron chi connectivity index (χ3n) is 9.28. The molecule has 0 saturated carbocycles. The lowest BCUT2D eigenvalue weighted by Gasteiger charge is -2.55. The SMILES string of the molecule is CCCCCCCCCCCCCC[N+]12CC[N+](CCCC(=O)NC(Cc3cnc[nH]3)C(=O)O)(CC1)CC2. The molecule has 0 radical (unpaired) electrons. The summed E-state index contributed by atoms with van der Waals surface area (Å²) in [6.07, 6.45) is 21.5. The van der Waals surface area contributed by atoms with Gasteiger partial charge in [0.1, 0.15) is 45.3 Å². The molecule has 1 aromatic heterocycles. The van der Waals surface area contributed by atoms with Crippen molar-refractivity contribution in [2.75, 3.05) is 52.4 Å². The Morgan fingerprint density at radius 2 is 1.34 bits per heavy atom. The number of aromatic amines is 1. The molecule has 1 aromatic rings. The zero-order chi connectivity index (χ0) is 27.1. The zero-order valence-corrected chi connectivity index (χ0v) is 24.1. The molecule has 4 rings (SSSR count). The summed E-state index contributed by atoms with van der Waals surface area (Å²) in [5.74, 6) is -1.18. The first-order valence-electron chi connectivity index (χ1n) is 15.7. The van der Waals surface area contributed by atoms with E-state index >= 15 is 0 Å². The number of H-pyrrole nitrogens is 1. The van der Waals surface area contributed by atoms with E-state index in [1.807, 2.05) is 0 Å². The molecule has 0 aliphatic carbocycles. The molecule has 216 valence electrons. The molecule has 1 unspecified atom stereocenters. The van der Waals surface area contributed by atoms with Gasteiger partial charge in [-0.05, 0) is 12.8 Å². The molecule has 4 heterocycles. The Labute approximate surface area is 230 Å². The number of quaternary nitrogens is 2. The number of aliphatic carboxylic acids is 1. The van der Waals surface area contributed by atoms with Gasteiger partial charge in [-0.2, -0.15) is 0 Å². The van der Waals surface area contributed by atoms with Crippen molar-refractivity contribution in [2.45, 2.75) is 109 Å². The number of carbonyl (C=O) groups is 2. The van der Waals surface area contributed by atoms with Crippen molar-refractivity contribution < 1.29 is 23.7 Å². The molecule has 3 N–H and O–H groups in total. The highest BCUT2D eigenvalue weighted by atomic mass is 16.4. The molecular formula is C30H55N5O3+2. The molecule has 0 aromatic carbocycles. The summed E-state index contributed by atoms with van der Waals surface area (Å²) in [5.41, 5.74) is 0.711. The van der Waals surface area contributed by atoms with E-state index in [1.165, 1.54) is 134 Å². The van der Waals surface area contributed by atoms with E-state index in [4.69, 9.17) is 0 Å². The fraction of sp³-hybridized carbons (Fsp3) is 0.833. The van der Waals surface area contributed by atoms with Crippen LogP contribution in [0.4, 0.5) is 0 Å². The minimum Gasteiger partial charge on any atom is -0.480 e.